The lowest BCUT2D eigenvalue weighted by molar-refractivity contribution is 0.354. The smallest absolute Gasteiger partial charge is 0.225 e. The third-order valence-electron chi connectivity index (χ3n) is 5.07. The first-order valence-corrected chi connectivity index (χ1v) is 11.2. The van der Waals surface area contributed by atoms with Gasteiger partial charge in [0.25, 0.3) is 0 Å². The molecule has 0 amide bonds. The molecule has 0 fully saturated rings. The topological polar surface area (TPSA) is 123 Å². The number of amidine groups is 1. The maximum absolute atomic E-state index is 13.1. The SMILES string of the molecule is CCN(CC)C1=N/C(=C(/N)S(=O)(=O)c2ccccc2)N(N)c2cc(OC)c(OC)cc21. The van der Waals surface area contributed by atoms with E-state index in [1.165, 1.54) is 31.4 Å². The van der Waals surface area contributed by atoms with Gasteiger partial charge in [0.2, 0.25) is 9.84 Å². The summed E-state index contributed by atoms with van der Waals surface area (Å²) >= 11 is 0. The van der Waals surface area contributed by atoms with Gasteiger partial charge in [-0.15, -0.1) is 0 Å². The average molecular weight is 446 g/mol. The van der Waals surface area contributed by atoms with Crippen LogP contribution >= 0.6 is 0 Å². The van der Waals surface area contributed by atoms with E-state index in [4.69, 9.17) is 21.1 Å². The molecule has 166 valence electrons. The van der Waals surface area contributed by atoms with E-state index in [1.807, 2.05) is 18.7 Å². The van der Waals surface area contributed by atoms with Gasteiger partial charge in [-0.05, 0) is 32.0 Å². The van der Waals surface area contributed by atoms with Crippen LogP contribution in [0.4, 0.5) is 5.69 Å². The van der Waals surface area contributed by atoms with E-state index < -0.39 is 14.9 Å². The van der Waals surface area contributed by atoms with Crippen molar-refractivity contribution in [3.8, 4) is 11.5 Å². The Hall–Kier alpha value is -3.24. The third kappa shape index (κ3) is 3.91. The fourth-order valence-electron chi connectivity index (χ4n) is 3.36. The molecule has 31 heavy (non-hydrogen) atoms. The summed E-state index contributed by atoms with van der Waals surface area (Å²) < 4.78 is 37.1. The van der Waals surface area contributed by atoms with Crippen molar-refractivity contribution >= 4 is 21.4 Å². The van der Waals surface area contributed by atoms with Gasteiger partial charge in [-0.2, -0.15) is 0 Å². The molecule has 0 aliphatic carbocycles. The zero-order chi connectivity index (χ0) is 22.8. The van der Waals surface area contributed by atoms with Gasteiger partial charge in [0.15, 0.2) is 22.3 Å². The number of ether oxygens (including phenoxy) is 2. The number of aliphatic imine (C=N–C) groups is 1. The summed E-state index contributed by atoms with van der Waals surface area (Å²) in [6.07, 6.45) is 0. The van der Waals surface area contributed by atoms with E-state index in [1.54, 1.807) is 30.3 Å². The van der Waals surface area contributed by atoms with Crippen molar-refractivity contribution in [3.05, 3.63) is 58.9 Å². The van der Waals surface area contributed by atoms with Gasteiger partial charge in [-0.25, -0.2) is 19.3 Å². The lowest BCUT2D eigenvalue weighted by atomic mass is 10.1. The lowest BCUT2D eigenvalue weighted by Crippen LogP contribution is -2.42. The van der Waals surface area contributed by atoms with Crippen LogP contribution in [0.25, 0.3) is 0 Å². The van der Waals surface area contributed by atoms with E-state index in [2.05, 4.69) is 4.99 Å². The summed E-state index contributed by atoms with van der Waals surface area (Å²) in [5.41, 5.74) is 7.34. The van der Waals surface area contributed by atoms with Crippen LogP contribution in [0.1, 0.15) is 19.4 Å². The number of nitrogens with zero attached hydrogens (tertiary/aromatic N) is 3. The molecular weight excluding hydrogens is 418 g/mol. The molecule has 0 saturated heterocycles. The number of rotatable bonds is 6. The Bertz CT molecular complexity index is 1130. The molecule has 0 saturated carbocycles. The largest absolute Gasteiger partial charge is 0.493 e. The molecule has 10 heteroatoms. The van der Waals surface area contributed by atoms with Gasteiger partial charge in [-0.3, -0.25) is 5.01 Å². The first-order chi connectivity index (χ1) is 14.8. The standard InChI is InChI=1S/C21H27N5O4S/c1-5-25(6-2)20-15-12-17(29-3)18(30-4)13-16(15)26(23)21(24-20)19(22)31(27,28)14-10-8-7-9-11-14/h7-13H,5-6,22-23H2,1-4H3/b21-19+. The number of hydrogen-bond donors (Lipinski definition) is 2. The Kier molecular flexibility index (Phi) is 6.42. The summed E-state index contributed by atoms with van der Waals surface area (Å²) in [6.45, 7) is 5.25. The van der Waals surface area contributed by atoms with Crippen LogP contribution in [0, 0.1) is 0 Å². The number of sulfone groups is 1. The van der Waals surface area contributed by atoms with Crippen LogP contribution in [0.5, 0.6) is 11.5 Å². The molecule has 0 unspecified atom stereocenters. The minimum Gasteiger partial charge on any atom is -0.493 e. The molecule has 3 rings (SSSR count). The number of benzene rings is 2. The summed E-state index contributed by atoms with van der Waals surface area (Å²) in [6, 6.07) is 11.4. The third-order valence-corrected chi connectivity index (χ3v) is 6.72. The van der Waals surface area contributed by atoms with Crippen molar-refractivity contribution in [2.24, 2.45) is 16.6 Å². The molecule has 0 radical (unpaired) electrons. The monoisotopic (exact) mass is 445 g/mol. The Balaban J connectivity index is 2.30. The Morgan fingerprint density at radius 3 is 2.19 bits per heavy atom. The Morgan fingerprint density at radius 1 is 1.06 bits per heavy atom. The van der Waals surface area contributed by atoms with Gasteiger partial charge in [0, 0.05) is 24.7 Å². The highest BCUT2D eigenvalue weighted by molar-refractivity contribution is 7.95. The first kappa shape index (κ1) is 22.4. The molecule has 2 aromatic rings. The highest BCUT2D eigenvalue weighted by Gasteiger charge is 2.32. The van der Waals surface area contributed by atoms with Crippen molar-refractivity contribution in [2.45, 2.75) is 18.7 Å². The van der Waals surface area contributed by atoms with Crippen molar-refractivity contribution < 1.29 is 17.9 Å². The van der Waals surface area contributed by atoms with Crippen molar-refractivity contribution in [2.75, 3.05) is 32.3 Å². The number of nitrogens with two attached hydrogens (primary N) is 2. The zero-order valence-corrected chi connectivity index (χ0v) is 18.8. The van der Waals surface area contributed by atoms with Crippen LogP contribution in [0.15, 0.2) is 63.2 Å². The molecule has 1 aliphatic rings. The molecule has 0 bridgehead atoms. The summed E-state index contributed by atoms with van der Waals surface area (Å²) in [5.74, 6) is 7.77. The Labute approximate surface area is 182 Å². The fourth-order valence-corrected chi connectivity index (χ4v) is 4.51. The summed E-state index contributed by atoms with van der Waals surface area (Å²) in [4.78, 5) is 6.64. The van der Waals surface area contributed by atoms with Crippen molar-refractivity contribution in [3.63, 3.8) is 0 Å². The van der Waals surface area contributed by atoms with Crippen LogP contribution in [0.2, 0.25) is 0 Å². The second-order valence-electron chi connectivity index (χ2n) is 6.71. The highest BCUT2D eigenvalue weighted by atomic mass is 32.2. The van der Waals surface area contributed by atoms with Crippen LogP contribution in [0.3, 0.4) is 0 Å². The Morgan fingerprint density at radius 2 is 1.65 bits per heavy atom. The minimum absolute atomic E-state index is 0.0612. The molecule has 1 heterocycles. The molecule has 2 aromatic carbocycles. The number of hydrazine groups is 1. The van der Waals surface area contributed by atoms with Gasteiger partial charge in [-0.1, -0.05) is 18.2 Å². The fraction of sp³-hybridized carbons (Fsp3) is 0.286. The normalized spacial score (nSPS) is 15.1. The first-order valence-electron chi connectivity index (χ1n) is 9.74. The molecule has 9 nitrogen and oxygen atoms in total. The molecule has 4 N–H and O–H groups in total. The average Bonchev–Trinajstić information content (AvgIpc) is 2.80. The maximum Gasteiger partial charge on any atom is 0.225 e. The molecule has 1 aliphatic heterocycles. The zero-order valence-electron chi connectivity index (χ0n) is 18.0. The second-order valence-corrected chi connectivity index (χ2v) is 8.62. The second kappa shape index (κ2) is 8.86. The van der Waals surface area contributed by atoms with Crippen LogP contribution in [-0.2, 0) is 9.84 Å². The molecule has 0 spiro atoms. The lowest BCUT2D eigenvalue weighted by Gasteiger charge is -2.33. The quantitative estimate of drug-likeness (QED) is 0.648. The van der Waals surface area contributed by atoms with Gasteiger partial charge >= 0.3 is 0 Å². The van der Waals surface area contributed by atoms with E-state index in [9.17, 15) is 8.42 Å². The maximum atomic E-state index is 13.1. The summed E-state index contributed by atoms with van der Waals surface area (Å²) in [5, 5.41) is 0.728. The number of methoxy groups -OCH3 is 2. The molecular formula is C21H27N5O4S. The van der Waals surface area contributed by atoms with Gasteiger partial charge in [0.05, 0.1) is 24.8 Å². The minimum atomic E-state index is -4.01. The number of anilines is 1. The van der Waals surface area contributed by atoms with Crippen molar-refractivity contribution in [1.82, 2.24) is 4.90 Å². The van der Waals surface area contributed by atoms with E-state index in [0.29, 0.717) is 41.7 Å². The number of hydrogen-bond acceptors (Lipinski definition) is 9. The van der Waals surface area contributed by atoms with Crippen molar-refractivity contribution in [1.29, 1.82) is 0 Å². The van der Waals surface area contributed by atoms with E-state index >= 15 is 0 Å². The summed E-state index contributed by atoms with van der Waals surface area (Å²) in [7, 11) is -0.960. The number of fused-ring (bicyclic) bond motifs is 1. The highest BCUT2D eigenvalue weighted by Crippen LogP contribution is 2.39. The van der Waals surface area contributed by atoms with E-state index in [-0.39, 0.29) is 10.7 Å². The van der Waals surface area contributed by atoms with Crippen LogP contribution in [-0.4, -0.2) is 46.5 Å². The van der Waals surface area contributed by atoms with Crippen LogP contribution < -0.4 is 26.1 Å². The van der Waals surface area contributed by atoms with E-state index in [0.717, 1.165) is 0 Å². The van der Waals surface area contributed by atoms with Gasteiger partial charge < -0.3 is 20.1 Å². The molecule has 0 atom stereocenters. The predicted octanol–water partition coefficient (Wildman–Crippen LogP) is 2.05. The predicted molar refractivity (Wildman–Crippen MR) is 121 cm³/mol. The van der Waals surface area contributed by atoms with Gasteiger partial charge in [0.1, 0.15) is 5.84 Å². The molecule has 0 aromatic heterocycles.